The van der Waals surface area contributed by atoms with Gasteiger partial charge in [0.15, 0.2) is 11.5 Å². The Bertz CT molecular complexity index is 342. The molecule has 0 saturated carbocycles. The molecule has 0 aromatic heterocycles. The van der Waals surface area contributed by atoms with E-state index in [-0.39, 0.29) is 11.5 Å². The number of methoxy groups -OCH3 is 1. The predicted octanol–water partition coefficient (Wildman–Crippen LogP) is 2.26. The van der Waals surface area contributed by atoms with E-state index in [1.807, 2.05) is 7.05 Å². The van der Waals surface area contributed by atoms with Crippen LogP contribution in [0.15, 0.2) is 12.0 Å². The number of nitrogens with one attached hydrogen (secondary N) is 1. The molecule has 0 heterocycles. The molecule has 0 amide bonds. The minimum Gasteiger partial charge on any atom is -0.492 e. The molecule has 0 fully saturated rings. The quantitative estimate of drug-likeness (QED) is 0.241. The summed E-state index contributed by atoms with van der Waals surface area (Å²) in [7, 11) is 2.21. The van der Waals surface area contributed by atoms with Crippen molar-refractivity contribution >= 4 is 13.8 Å². The second kappa shape index (κ2) is 7.90. The first-order chi connectivity index (χ1) is 8.30. The number of hydrogen-bond acceptors (Lipinski definition) is 5. The SMILES string of the molecule is CO/C(=C/N(C)COCC[Si](C)(C)C)C(=N)C#N. The molecule has 5 nitrogen and oxygen atoms in total. The molecule has 0 aromatic carbocycles. The first-order valence-electron chi connectivity index (χ1n) is 5.83. The van der Waals surface area contributed by atoms with Crippen LogP contribution in [0, 0.1) is 16.7 Å². The summed E-state index contributed by atoms with van der Waals surface area (Å²) in [4.78, 5) is 1.76. The molecule has 0 bridgehead atoms. The van der Waals surface area contributed by atoms with Crippen molar-refractivity contribution in [2.75, 3.05) is 27.5 Å². The van der Waals surface area contributed by atoms with Crippen LogP contribution in [0.2, 0.25) is 25.7 Å². The Hall–Kier alpha value is -1.32. The molecule has 0 atom stereocenters. The van der Waals surface area contributed by atoms with Gasteiger partial charge in [-0.05, 0) is 6.04 Å². The molecule has 0 rings (SSSR count). The lowest BCUT2D eigenvalue weighted by molar-refractivity contribution is 0.0729. The molecule has 0 aliphatic heterocycles. The summed E-state index contributed by atoms with van der Waals surface area (Å²) in [5, 5.41) is 16.0. The van der Waals surface area contributed by atoms with Crippen molar-refractivity contribution in [3.05, 3.63) is 12.0 Å². The lowest BCUT2D eigenvalue weighted by atomic mass is 10.3. The Morgan fingerprint density at radius 2 is 2.06 bits per heavy atom. The number of ether oxygens (including phenoxy) is 2. The van der Waals surface area contributed by atoms with Gasteiger partial charge in [0.2, 0.25) is 0 Å². The standard InChI is InChI=1S/C12H23N3O2Si/c1-15(9-12(16-2)11(14)8-13)10-17-6-7-18(3,4)5/h9,14H,6-7,10H2,1-5H3/b12-9+,14-11?. The van der Waals surface area contributed by atoms with E-state index in [0.717, 1.165) is 12.7 Å². The van der Waals surface area contributed by atoms with E-state index in [1.165, 1.54) is 7.11 Å². The van der Waals surface area contributed by atoms with E-state index in [0.29, 0.717) is 6.73 Å². The van der Waals surface area contributed by atoms with Crippen molar-refractivity contribution in [1.82, 2.24) is 4.90 Å². The van der Waals surface area contributed by atoms with Gasteiger partial charge in [0.25, 0.3) is 0 Å². The van der Waals surface area contributed by atoms with Crippen molar-refractivity contribution < 1.29 is 9.47 Å². The smallest absolute Gasteiger partial charge is 0.176 e. The Morgan fingerprint density at radius 3 is 2.50 bits per heavy atom. The summed E-state index contributed by atoms with van der Waals surface area (Å²) < 4.78 is 10.5. The van der Waals surface area contributed by atoms with Crippen molar-refractivity contribution in [1.29, 1.82) is 10.7 Å². The summed E-state index contributed by atoms with van der Waals surface area (Å²) in [6.07, 6.45) is 1.60. The maximum atomic E-state index is 8.61. The number of nitriles is 1. The van der Waals surface area contributed by atoms with E-state index < -0.39 is 8.07 Å². The number of rotatable bonds is 8. The van der Waals surface area contributed by atoms with Crippen LogP contribution in [0.1, 0.15) is 0 Å². The molecule has 18 heavy (non-hydrogen) atoms. The van der Waals surface area contributed by atoms with Crippen molar-refractivity contribution in [2.45, 2.75) is 25.7 Å². The first kappa shape index (κ1) is 16.7. The van der Waals surface area contributed by atoms with Crippen LogP contribution in [0.3, 0.4) is 0 Å². The fourth-order valence-electron chi connectivity index (χ4n) is 1.10. The zero-order chi connectivity index (χ0) is 14.2. The van der Waals surface area contributed by atoms with Crippen LogP contribution in [-0.2, 0) is 9.47 Å². The van der Waals surface area contributed by atoms with Crippen LogP contribution < -0.4 is 0 Å². The first-order valence-corrected chi connectivity index (χ1v) is 9.53. The highest BCUT2D eigenvalue weighted by Crippen LogP contribution is 2.07. The van der Waals surface area contributed by atoms with Crippen LogP contribution in [0.25, 0.3) is 0 Å². The molecule has 0 spiro atoms. The highest BCUT2D eigenvalue weighted by Gasteiger charge is 2.12. The average molecular weight is 269 g/mol. The van der Waals surface area contributed by atoms with Gasteiger partial charge in [0.05, 0.1) is 7.11 Å². The Morgan fingerprint density at radius 1 is 1.44 bits per heavy atom. The maximum absolute atomic E-state index is 8.61. The molecule has 102 valence electrons. The van der Waals surface area contributed by atoms with Gasteiger partial charge in [-0.25, -0.2) is 0 Å². The Labute approximate surface area is 111 Å². The highest BCUT2D eigenvalue weighted by molar-refractivity contribution is 6.76. The normalized spacial score (nSPS) is 11.9. The molecule has 6 heteroatoms. The van der Waals surface area contributed by atoms with E-state index in [9.17, 15) is 0 Å². The van der Waals surface area contributed by atoms with Gasteiger partial charge in [-0.3, -0.25) is 5.41 Å². The molecule has 0 saturated heterocycles. The number of allylic oxidation sites excluding steroid dienone is 1. The van der Waals surface area contributed by atoms with Gasteiger partial charge in [-0.15, -0.1) is 0 Å². The topological polar surface area (TPSA) is 69.3 Å². The van der Waals surface area contributed by atoms with Gasteiger partial charge in [-0.1, -0.05) is 19.6 Å². The Kier molecular flexibility index (Phi) is 7.32. The van der Waals surface area contributed by atoms with Gasteiger partial charge in [0.1, 0.15) is 12.8 Å². The van der Waals surface area contributed by atoms with Gasteiger partial charge in [0, 0.05) is 27.9 Å². The third-order valence-electron chi connectivity index (χ3n) is 2.21. The lowest BCUT2D eigenvalue weighted by Gasteiger charge is -2.19. The van der Waals surface area contributed by atoms with E-state index in [2.05, 4.69) is 19.6 Å². The van der Waals surface area contributed by atoms with Gasteiger partial charge < -0.3 is 14.4 Å². The fourth-order valence-corrected chi connectivity index (χ4v) is 1.86. The largest absolute Gasteiger partial charge is 0.492 e. The summed E-state index contributed by atoms with van der Waals surface area (Å²) >= 11 is 0. The highest BCUT2D eigenvalue weighted by atomic mass is 28.3. The zero-order valence-corrected chi connectivity index (χ0v) is 12.9. The minimum atomic E-state index is -1.05. The van der Waals surface area contributed by atoms with Gasteiger partial charge in [-0.2, -0.15) is 5.26 Å². The summed E-state index contributed by atoms with van der Waals surface area (Å²) in [5.41, 5.74) is -0.188. The summed E-state index contributed by atoms with van der Waals surface area (Å²) in [5.74, 6) is 0.244. The second-order valence-electron chi connectivity index (χ2n) is 5.29. The van der Waals surface area contributed by atoms with Crippen LogP contribution in [-0.4, -0.2) is 46.2 Å². The molecule has 0 aliphatic carbocycles. The van der Waals surface area contributed by atoms with Crippen molar-refractivity contribution in [2.24, 2.45) is 0 Å². The zero-order valence-electron chi connectivity index (χ0n) is 11.9. The van der Waals surface area contributed by atoms with Crippen molar-refractivity contribution in [3.8, 4) is 6.07 Å². The van der Waals surface area contributed by atoms with E-state index >= 15 is 0 Å². The molecular weight excluding hydrogens is 246 g/mol. The van der Waals surface area contributed by atoms with Crippen LogP contribution in [0.5, 0.6) is 0 Å². The third-order valence-corrected chi connectivity index (χ3v) is 3.91. The van der Waals surface area contributed by atoms with Gasteiger partial charge >= 0.3 is 0 Å². The third kappa shape index (κ3) is 7.87. The molecule has 0 radical (unpaired) electrons. The molecule has 0 unspecified atom stereocenters. The van der Waals surface area contributed by atoms with Crippen molar-refractivity contribution in [3.63, 3.8) is 0 Å². The molecule has 1 N–H and O–H groups in total. The molecule has 0 aliphatic rings. The minimum absolute atomic E-state index is 0.188. The second-order valence-corrected chi connectivity index (χ2v) is 10.9. The molecular formula is C12H23N3O2Si. The fraction of sp³-hybridized carbons (Fsp3) is 0.667. The predicted molar refractivity (Wildman–Crippen MR) is 75.2 cm³/mol. The van der Waals surface area contributed by atoms with E-state index in [1.54, 1.807) is 17.2 Å². The average Bonchev–Trinajstić information content (AvgIpc) is 2.29. The molecule has 0 aromatic rings. The Balaban J connectivity index is 4.10. The van der Waals surface area contributed by atoms with Crippen LogP contribution >= 0.6 is 0 Å². The summed E-state index contributed by atoms with van der Waals surface area (Å²) in [6, 6.07) is 2.86. The summed E-state index contributed by atoms with van der Waals surface area (Å²) in [6.45, 7) is 8.08. The maximum Gasteiger partial charge on any atom is 0.176 e. The monoisotopic (exact) mass is 269 g/mol. The number of hydrogen-bond donors (Lipinski definition) is 1. The van der Waals surface area contributed by atoms with Crippen LogP contribution in [0.4, 0.5) is 0 Å². The van der Waals surface area contributed by atoms with E-state index in [4.69, 9.17) is 20.1 Å². The number of nitrogens with zero attached hydrogens (tertiary/aromatic N) is 2. The lowest BCUT2D eigenvalue weighted by Crippen LogP contribution is -2.24.